The molecule has 1 aromatic heterocycles. The lowest BCUT2D eigenvalue weighted by atomic mass is 10.2. The van der Waals surface area contributed by atoms with Gasteiger partial charge in [-0.15, -0.1) is 0 Å². The first-order valence-electron chi connectivity index (χ1n) is 8.35. The molecule has 0 atom stereocenters. The van der Waals surface area contributed by atoms with Crippen molar-refractivity contribution >= 4 is 17.5 Å². The average molecular weight is 370 g/mol. The highest BCUT2D eigenvalue weighted by atomic mass is 35.5. The van der Waals surface area contributed by atoms with Gasteiger partial charge in [-0.05, 0) is 48.4 Å². The maximum absolute atomic E-state index is 12.8. The number of carbonyl (C=O) groups is 1. The van der Waals surface area contributed by atoms with Crippen LogP contribution in [0.5, 0.6) is 5.75 Å². The summed E-state index contributed by atoms with van der Waals surface area (Å²) in [6, 6.07) is 18.8. The summed E-state index contributed by atoms with van der Waals surface area (Å²) < 4.78 is 11.1. The number of benzene rings is 2. The predicted molar refractivity (Wildman–Crippen MR) is 101 cm³/mol. The highest BCUT2D eigenvalue weighted by molar-refractivity contribution is 6.30. The maximum atomic E-state index is 12.8. The molecule has 134 valence electrons. The summed E-state index contributed by atoms with van der Waals surface area (Å²) in [6.45, 7) is 2.76. The maximum Gasteiger partial charge on any atom is 0.261 e. The third-order valence-electron chi connectivity index (χ3n) is 4.01. The van der Waals surface area contributed by atoms with Gasteiger partial charge in [0.1, 0.15) is 11.5 Å². The number of rotatable bonds is 7. The Labute approximate surface area is 158 Å². The summed E-state index contributed by atoms with van der Waals surface area (Å²) in [5.74, 6) is 1.33. The molecule has 26 heavy (non-hydrogen) atoms. The van der Waals surface area contributed by atoms with Crippen molar-refractivity contribution in [3.8, 4) is 5.75 Å². The van der Waals surface area contributed by atoms with E-state index in [-0.39, 0.29) is 12.5 Å². The van der Waals surface area contributed by atoms with Gasteiger partial charge in [0.2, 0.25) is 0 Å². The highest BCUT2D eigenvalue weighted by Crippen LogP contribution is 2.18. The minimum atomic E-state index is -0.111. The van der Waals surface area contributed by atoms with Crippen molar-refractivity contribution in [3.63, 3.8) is 0 Å². The number of amides is 1. The number of carbonyl (C=O) groups excluding carboxylic acids is 1. The summed E-state index contributed by atoms with van der Waals surface area (Å²) in [4.78, 5) is 14.5. The third kappa shape index (κ3) is 4.90. The number of furan rings is 1. The Morgan fingerprint density at radius 2 is 1.81 bits per heavy atom. The Kier molecular flexibility index (Phi) is 5.97. The first-order chi connectivity index (χ1) is 12.6. The molecule has 3 aromatic rings. The normalized spacial score (nSPS) is 10.5. The van der Waals surface area contributed by atoms with E-state index in [1.165, 1.54) is 0 Å². The molecule has 1 heterocycles. The van der Waals surface area contributed by atoms with Gasteiger partial charge in [-0.3, -0.25) is 4.79 Å². The molecule has 0 radical (unpaired) electrons. The zero-order valence-electron chi connectivity index (χ0n) is 14.5. The lowest BCUT2D eigenvalue weighted by molar-refractivity contribution is -0.134. The molecule has 5 heteroatoms. The largest absolute Gasteiger partial charge is 0.484 e. The van der Waals surface area contributed by atoms with E-state index in [4.69, 9.17) is 20.8 Å². The van der Waals surface area contributed by atoms with E-state index >= 15 is 0 Å². The molecule has 0 saturated heterocycles. The Bertz CT molecular complexity index is 844. The molecule has 0 saturated carbocycles. The quantitative estimate of drug-likeness (QED) is 0.598. The van der Waals surface area contributed by atoms with Gasteiger partial charge < -0.3 is 14.1 Å². The number of para-hydroxylation sites is 1. The van der Waals surface area contributed by atoms with Gasteiger partial charge in [0.15, 0.2) is 6.61 Å². The van der Waals surface area contributed by atoms with Gasteiger partial charge in [0.25, 0.3) is 5.91 Å². The Morgan fingerprint density at radius 3 is 2.50 bits per heavy atom. The highest BCUT2D eigenvalue weighted by Gasteiger charge is 2.17. The van der Waals surface area contributed by atoms with E-state index in [2.05, 4.69) is 0 Å². The van der Waals surface area contributed by atoms with Crippen molar-refractivity contribution in [1.29, 1.82) is 0 Å². The van der Waals surface area contributed by atoms with Crippen LogP contribution in [-0.4, -0.2) is 17.4 Å². The molecule has 0 aliphatic rings. The number of nitrogens with zero attached hydrogens (tertiary/aromatic N) is 1. The molecule has 0 N–H and O–H groups in total. The fourth-order valence-corrected chi connectivity index (χ4v) is 2.71. The van der Waals surface area contributed by atoms with Crippen LogP contribution in [-0.2, 0) is 17.9 Å². The van der Waals surface area contributed by atoms with Crippen LogP contribution in [0.25, 0.3) is 0 Å². The number of halogens is 1. The van der Waals surface area contributed by atoms with Crippen LogP contribution in [0, 0.1) is 6.92 Å². The van der Waals surface area contributed by atoms with Crippen LogP contribution in [0.1, 0.15) is 16.9 Å². The topological polar surface area (TPSA) is 42.7 Å². The molecule has 2 aromatic carbocycles. The minimum absolute atomic E-state index is 0.0286. The SMILES string of the molecule is Cc1ccccc1OCC(=O)N(Cc1ccc(Cl)cc1)Cc1ccco1. The first kappa shape index (κ1) is 18.1. The number of hydrogen-bond acceptors (Lipinski definition) is 3. The summed E-state index contributed by atoms with van der Waals surface area (Å²) in [5.41, 5.74) is 1.99. The van der Waals surface area contributed by atoms with Crippen LogP contribution in [0.15, 0.2) is 71.3 Å². The van der Waals surface area contributed by atoms with E-state index in [1.54, 1.807) is 11.2 Å². The van der Waals surface area contributed by atoms with Gasteiger partial charge >= 0.3 is 0 Å². The van der Waals surface area contributed by atoms with Gasteiger partial charge in [-0.2, -0.15) is 0 Å². The lowest BCUT2D eigenvalue weighted by Gasteiger charge is -2.22. The van der Waals surface area contributed by atoms with Gasteiger partial charge in [-0.25, -0.2) is 0 Å². The molecular formula is C21H20ClNO3. The molecule has 0 aliphatic heterocycles. The van der Waals surface area contributed by atoms with Crippen LogP contribution in [0.2, 0.25) is 5.02 Å². The molecule has 3 rings (SSSR count). The van der Waals surface area contributed by atoms with Crippen molar-refractivity contribution in [2.45, 2.75) is 20.0 Å². The number of hydrogen-bond donors (Lipinski definition) is 0. The molecule has 0 aliphatic carbocycles. The molecule has 1 amide bonds. The molecule has 0 fully saturated rings. The first-order valence-corrected chi connectivity index (χ1v) is 8.72. The lowest BCUT2D eigenvalue weighted by Crippen LogP contribution is -2.34. The van der Waals surface area contributed by atoms with Crippen molar-refractivity contribution in [1.82, 2.24) is 4.90 Å². The predicted octanol–water partition coefficient (Wildman–Crippen LogP) is 4.85. The summed E-state index contributed by atoms with van der Waals surface area (Å²) in [6.07, 6.45) is 1.60. The fourth-order valence-electron chi connectivity index (χ4n) is 2.58. The van der Waals surface area contributed by atoms with Crippen LogP contribution in [0.4, 0.5) is 0 Å². The average Bonchev–Trinajstić information content (AvgIpc) is 3.15. The second kappa shape index (κ2) is 8.59. The minimum Gasteiger partial charge on any atom is -0.484 e. The number of aryl methyl sites for hydroxylation is 1. The Balaban J connectivity index is 1.70. The van der Waals surface area contributed by atoms with Gasteiger partial charge in [-0.1, -0.05) is 41.9 Å². The van der Waals surface area contributed by atoms with Crippen molar-refractivity contribution in [2.24, 2.45) is 0 Å². The molecule has 4 nitrogen and oxygen atoms in total. The van der Waals surface area contributed by atoms with Crippen LogP contribution < -0.4 is 4.74 Å². The van der Waals surface area contributed by atoms with Crippen molar-refractivity contribution < 1.29 is 13.9 Å². The molecular weight excluding hydrogens is 350 g/mol. The summed E-state index contributed by atoms with van der Waals surface area (Å²) in [5, 5.41) is 0.667. The summed E-state index contributed by atoms with van der Waals surface area (Å²) >= 11 is 5.94. The van der Waals surface area contributed by atoms with Gasteiger partial charge in [0, 0.05) is 11.6 Å². The summed E-state index contributed by atoms with van der Waals surface area (Å²) in [7, 11) is 0. The number of ether oxygens (including phenoxy) is 1. The third-order valence-corrected chi connectivity index (χ3v) is 4.26. The smallest absolute Gasteiger partial charge is 0.261 e. The standard InChI is InChI=1S/C21H20ClNO3/c1-16-5-2-3-7-20(16)26-15-21(24)23(14-19-6-4-12-25-19)13-17-8-10-18(22)11-9-17/h2-12H,13-15H2,1H3. The van der Waals surface area contributed by atoms with E-state index in [0.717, 1.165) is 16.9 Å². The molecule has 0 spiro atoms. The molecule has 0 unspecified atom stereocenters. The molecule has 0 bridgehead atoms. The van der Waals surface area contributed by atoms with Crippen LogP contribution >= 0.6 is 11.6 Å². The fraction of sp³-hybridized carbons (Fsp3) is 0.190. The zero-order chi connectivity index (χ0) is 18.4. The Morgan fingerprint density at radius 1 is 1.04 bits per heavy atom. The van der Waals surface area contributed by atoms with Crippen molar-refractivity contribution in [3.05, 3.63) is 88.8 Å². The van der Waals surface area contributed by atoms with Crippen LogP contribution in [0.3, 0.4) is 0 Å². The second-order valence-corrected chi connectivity index (χ2v) is 6.45. The van der Waals surface area contributed by atoms with Gasteiger partial charge in [0.05, 0.1) is 12.8 Å². The zero-order valence-corrected chi connectivity index (χ0v) is 15.3. The Hall–Kier alpha value is -2.72. The van der Waals surface area contributed by atoms with E-state index in [1.807, 2.05) is 67.6 Å². The van der Waals surface area contributed by atoms with E-state index in [9.17, 15) is 4.79 Å². The van der Waals surface area contributed by atoms with E-state index < -0.39 is 0 Å². The second-order valence-electron chi connectivity index (χ2n) is 6.01. The van der Waals surface area contributed by atoms with Crippen molar-refractivity contribution in [2.75, 3.05) is 6.61 Å². The van der Waals surface area contributed by atoms with E-state index in [0.29, 0.717) is 23.9 Å². The monoisotopic (exact) mass is 369 g/mol.